The molecule has 2 N–H and O–H groups in total. The molecule has 0 atom stereocenters. The summed E-state index contributed by atoms with van der Waals surface area (Å²) >= 11 is 3.43. The van der Waals surface area contributed by atoms with Crippen molar-refractivity contribution >= 4 is 28.1 Å². The average molecular weight is 455 g/mol. The molecule has 0 unspecified atom stereocenters. The number of halogens is 1. The van der Waals surface area contributed by atoms with Gasteiger partial charge < -0.3 is 19.3 Å². The van der Waals surface area contributed by atoms with Crippen LogP contribution in [0.15, 0.2) is 70.2 Å². The van der Waals surface area contributed by atoms with E-state index in [0.29, 0.717) is 28.6 Å². The number of hydrogen-bond donors (Lipinski definition) is 2. The Balaban J connectivity index is 1.37. The van der Waals surface area contributed by atoms with Gasteiger partial charge in [0.1, 0.15) is 17.2 Å². The summed E-state index contributed by atoms with van der Waals surface area (Å²) in [6.45, 7) is 0.186. The lowest BCUT2D eigenvalue weighted by atomic mass is 10.2. The highest BCUT2D eigenvalue weighted by Gasteiger charge is 2.15. The maximum absolute atomic E-state index is 12.3. The highest BCUT2D eigenvalue weighted by Crippen LogP contribution is 2.36. The van der Waals surface area contributed by atoms with E-state index in [-0.39, 0.29) is 18.4 Å². The van der Waals surface area contributed by atoms with Gasteiger partial charge in [0.25, 0.3) is 5.91 Å². The predicted molar refractivity (Wildman–Crippen MR) is 110 cm³/mol. The van der Waals surface area contributed by atoms with Gasteiger partial charge in [-0.15, -0.1) is 0 Å². The van der Waals surface area contributed by atoms with Crippen molar-refractivity contribution < 1.29 is 24.1 Å². The molecule has 1 heterocycles. The molecular weight excluding hydrogens is 440 g/mol. The van der Waals surface area contributed by atoms with E-state index in [1.165, 1.54) is 18.3 Å². The van der Waals surface area contributed by atoms with E-state index < -0.39 is 0 Å². The van der Waals surface area contributed by atoms with E-state index in [0.717, 1.165) is 10.0 Å². The first-order valence-electron chi connectivity index (χ1n) is 8.58. The largest absolute Gasteiger partial charge is 0.508 e. The minimum atomic E-state index is -0.353. The average Bonchev–Trinajstić information content (AvgIpc) is 3.17. The number of carbonyl (C=O) groups is 1. The van der Waals surface area contributed by atoms with Crippen LogP contribution in [0.4, 0.5) is 0 Å². The lowest BCUT2D eigenvalue weighted by Crippen LogP contribution is -2.17. The van der Waals surface area contributed by atoms with Crippen molar-refractivity contribution in [2.24, 2.45) is 5.10 Å². The summed E-state index contributed by atoms with van der Waals surface area (Å²) in [5.41, 5.74) is 3.66. The van der Waals surface area contributed by atoms with Gasteiger partial charge in [-0.25, -0.2) is 5.43 Å². The van der Waals surface area contributed by atoms with E-state index in [9.17, 15) is 9.90 Å². The smallest absolute Gasteiger partial charge is 0.271 e. The van der Waals surface area contributed by atoms with Crippen molar-refractivity contribution in [2.45, 2.75) is 0 Å². The van der Waals surface area contributed by atoms with Crippen molar-refractivity contribution in [3.05, 3.63) is 76.3 Å². The van der Waals surface area contributed by atoms with Gasteiger partial charge >= 0.3 is 0 Å². The Labute approximate surface area is 174 Å². The Hall–Kier alpha value is -3.52. The normalized spacial score (nSPS) is 12.2. The molecule has 1 aliphatic rings. The molecule has 3 aromatic rings. The number of nitrogens with one attached hydrogen (secondary N) is 1. The molecule has 0 saturated heterocycles. The number of hydrazone groups is 1. The Bertz CT molecular complexity index is 1070. The van der Waals surface area contributed by atoms with Crippen LogP contribution in [0.3, 0.4) is 0 Å². The quantitative estimate of drug-likeness (QED) is 0.439. The molecule has 1 aliphatic heterocycles. The van der Waals surface area contributed by atoms with Crippen molar-refractivity contribution in [3.63, 3.8) is 0 Å². The zero-order valence-corrected chi connectivity index (χ0v) is 16.5. The van der Waals surface area contributed by atoms with E-state index in [1.807, 2.05) is 0 Å². The van der Waals surface area contributed by atoms with Crippen LogP contribution in [0, 0.1) is 0 Å². The Morgan fingerprint density at radius 3 is 2.34 bits per heavy atom. The first-order valence-corrected chi connectivity index (χ1v) is 9.37. The number of ether oxygens (including phenoxy) is 3. The molecule has 1 amide bonds. The van der Waals surface area contributed by atoms with Gasteiger partial charge in [-0.2, -0.15) is 5.10 Å². The SMILES string of the molecule is O=C(NN=Cc1cc2c(cc1Br)OCO2)c1ccc(Oc2ccc(O)cc2)cc1. The number of phenols is 1. The Morgan fingerprint density at radius 2 is 1.66 bits per heavy atom. The minimum absolute atomic E-state index is 0.165. The van der Waals surface area contributed by atoms with E-state index in [2.05, 4.69) is 26.5 Å². The van der Waals surface area contributed by atoms with Crippen LogP contribution in [0.5, 0.6) is 28.7 Å². The molecule has 7 nitrogen and oxygen atoms in total. The summed E-state index contributed by atoms with van der Waals surface area (Å²) < 4.78 is 17.1. The molecule has 4 rings (SSSR count). The lowest BCUT2D eigenvalue weighted by Gasteiger charge is -2.06. The molecule has 0 saturated carbocycles. The number of aromatic hydroxyl groups is 1. The van der Waals surface area contributed by atoms with Gasteiger partial charge in [0.15, 0.2) is 11.5 Å². The molecule has 3 aromatic carbocycles. The van der Waals surface area contributed by atoms with Crippen molar-refractivity contribution in [1.29, 1.82) is 0 Å². The van der Waals surface area contributed by atoms with Gasteiger partial charge in [-0.1, -0.05) is 0 Å². The summed E-state index contributed by atoms with van der Waals surface area (Å²) in [6, 6.07) is 16.6. The number of benzene rings is 3. The third kappa shape index (κ3) is 4.49. The summed E-state index contributed by atoms with van der Waals surface area (Å²) in [6.07, 6.45) is 1.52. The number of phenolic OH excluding ortho intramolecular Hbond substituents is 1. The van der Waals surface area contributed by atoms with Gasteiger partial charge in [0, 0.05) is 15.6 Å². The maximum atomic E-state index is 12.3. The summed E-state index contributed by atoms with van der Waals surface area (Å²) in [4.78, 5) is 12.3. The molecule has 146 valence electrons. The van der Waals surface area contributed by atoms with Crippen molar-refractivity contribution in [1.82, 2.24) is 5.43 Å². The lowest BCUT2D eigenvalue weighted by molar-refractivity contribution is 0.0955. The van der Waals surface area contributed by atoms with Gasteiger partial charge in [0.05, 0.1) is 6.21 Å². The number of rotatable bonds is 5. The number of amides is 1. The molecule has 29 heavy (non-hydrogen) atoms. The first kappa shape index (κ1) is 18.8. The Morgan fingerprint density at radius 1 is 1.03 bits per heavy atom. The number of nitrogens with zero attached hydrogens (tertiary/aromatic N) is 1. The molecule has 0 aliphatic carbocycles. The van der Waals surface area contributed by atoms with Gasteiger partial charge in [-0.3, -0.25) is 4.79 Å². The van der Waals surface area contributed by atoms with Crippen LogP contribution in [0.25, 0.3) is 0 Å². The molecule has 0 spiro atoms. The second-order valence-electron chi connectivity index (χ2n) is 6.05. The molecule has 0 bridgehead atoms. The van der Waals surface area contributed by atoms with E-state index in [4.69, 9.17) is 14.2 Å². The van der Waals surface area contributed by atoms with Crippen LogP contribution in [-0.4, -0.2) is 24.0 Å². The van der Waals surface area contributed by atoms with Crippen LogP contribution in [-0.2, 0) is 0 Å². The predicted octanol–water partition coefficient (Wildman–Crippen LogP) is 4.44. The van der Waals surface area contributed by atoms with Crippen molar-refractivity contribution in [3.8, 4) is 28.7 Å². The minimum Gasteiger partial charge on any atom is -0.508 e. The van der Waals surface area contributed by atoms with Crippen LogP contribution >= 0.6 is 15.9 Å². The fourth-order valence-corrected chi connectivity index (χ4v) is 3.01. The van der Waals surface area contributed by atoms with E-state index >= 15 is 0 Å². The van der Waals surface area contributed by atoms with Crippen LogP contribution in [0.2, 0.25) is 0 Å². The highest BCUT2D eigenvalue weighted by atomic mass is 79.9. The fraction of sp³-hybridized carbons (Fsp3) is 0.0476. The monoisotopic (exact) mass is 454 g/mol. The topological polar surface area (TPSA) is 89.4 Å². The van der Waals surface area contributed by atoms with Crippen molar-refractivity contribution in [2.75, 3.05) is 6.79 Å². The highest BCUT2D eigenvalue weighted by molar-refractivity contribution is 9.10. The van der Waals surface area contributed by atoms with Gasteiger partial charge in [-0.05, 0) is 76.6 Å². The standard InChI is InChI=1S/C21H15BrN2O5/c22-18-10-20-19(27-12-28-20)9-14(18)11-23-24-21(26)13-1-5-16(6-2-13)29-17-7-3-15(25)4-8-17/h1-11,25H,12H2,(H,24,26). The maximum Gasteiger partial charge on any atom is 0.271 e. The molecule has 8 heteroatoms. The molecule has 0 radical (unpaired) electrons. The zero-order chi connectivity index (χ0) is 20.2. The third-order valence-corrected chi connectivity index (χ3v) is 4.74. The summed E-state index contributed by atoms with van der Waals surface area (Å²) in [5.74, 6) is 2.25. The molecule has 0 aromatic heterocycles. The second-order valence-corrected chi connectivity index (χ2v) is 6.90. The summed E-state index contributed by atoms with van der Waals surface area (Å²) in [5, 5.41) is 13.3. The number of carbonyl (C=O) groups excluding carboxylic acids is 1. The molecule has 0 fully saturated rings. The van der Waals surface area contributed by atoms with E-state index in [1.54, 1.807) is 48.5 Å². The Kier molecular flexibility index (Phi) is 5.35. The third-order valence-electron chi connectivity index (χ3n) is 4.05. The van der Waals surface area contributed by atoms with Gasteiger partial charge in [0.2, 0.25) is 6.79 Å². The number of fused-ring (bicyclic) bond motifs is 1. The zero-order valence-electron chi connectivity index (χ0n) is 15.0. The molecular formula is C21H15BrN2O5. The first-order chi connectivity index (χ1) is 14.1. The van der Waals surface area contributed by atoms with Crippen LogP contribution < -0.4 is 19.6 Å². The number of hydrogen-bond acceptors (Lipinski definition) is 6. The summed E-state index contributed by atoms with van der Waals surface area (Å²) in [7, 11) is 0. The van der Waals surface area contributed by atoms with Crippen LogP contribution in [0.1, 0.15) is 15.9 Å². The second kappa shape index (κ2) is 8.24. The fourth-order valence-electron chi connectivity index (χ4n) is 2.58.